The number of hydrogen-bond acceptors (Lipinski definition) is 12. The van der Waals surface area contributed by atoms with Crippen LogP contribution in [0.5, 0.6) is 0 Å². The summed E-state index contributed by atoms with van der Waals surface area (Å²) < 4.78 is 37.0. The van der Waals surface area contributed by atoms with E-state index in [9.17, 15) is 32.3 Å². The second-order valence-electron chi connectivity index (χ2n) is 8.59. The second kappa shape index (κ2) is 25.7. The Kier molecular flexibility index (Phi) is 24.0. The fraction of sp³-hybridized carbons (Fsp3) is 0.226. The van der Waals surface area contributed by atoms with E-state index in [1.807, 2.05) is 0 Å². The molecule has 266 valence electrons. The highest BCUT2D eigenvalue weighted by Gasteiger charge is 2.11. The third-order valence-corrected chi connectivity index (χ3v) is 5.27. The predicted octanol–water partition coefficient (Wildman–Crippen LogP) is 4.71. The summed E-state index contributed by atoms with van der Waals surface area (Å²) in [5, 5.41) is 12.2. The molecule has 4 rings (SSSR count). The molecule has 49 heavy (non-hydrogen) atoms. The van der Waals surface area contributed by atoms with Gasteiger partial charge in [0.05, 0.1) is 19.8 Å². The van der Waals surface area contributed by atoms with E-state index in [1.165, 1.54) is 58.6 Å². The van der Waals surface area contributed by atoms with E-state index in [4.69, 9.17) is 5.11 Å². The number of nitrogens with zero attached hydrogens (tertiary/aromatic N) is 5. The number of aromatic carboxylic acids is 1. The summed E-state index contributed by atoms with van der Waals surface area (Å²) in [5.74, 6) is -3.02. The molecule has 4 aromatic rings. The molecule has 0 saturated carbocycles. The summed E-state index contributed by atoms with van der Waals surface area (Å²) in [6, 6.07) is 10.6. The van der Waals surface area contributed by atoms with Crippen LogP contribution in [0, 0.1) is 17.8 Å². The van der Waals surface area contributed by atoms with E-state index in [2.05, 4.69) is 40.4 Å². The maximum atomic E-state index is 12.6. The SMILES string of the molecule is CC(=O)c1ccnc(F)c1.CNOC.CNc1cc(C(C)=O)ccn1.CON(C)C(=O)c1ccnc(F)c1.Cl.O=C(O)c1ccnc(F)c1. The van der Waals surface area contributed by atoms with Gasteiger partial charge < -0.3 is 15.3 Å². The fourth-order valence-corrected chi connectivity index (χ4v) is 2.74. The van der Waals surface area contributed by atoms with E-state index in [0.717, 1.165) is 35.3 Å². The van der Waals surface area contributed by atoms with Gasteiger partial charge in [-0.2, -0.15) is 13.2 Å². The topological polar surface area (TPSA) is 186 Å². The summed E-state index contributed by atoms with van der Waals surface area (Å²) in [6.45, 7) is 2.92. The molecule has 0 aliphatic rings. The Labute approximate surface area is 287 Å². The van der Waals surface area contributed by atoms with E-state index >= 15 is 0 Å². The smallest absolute Gasteiger partial charge is 0.335 e. The number of carbonyl (C=O) groups excluding carboxylic acids is 3. The zero-order valence-electron chi connectivity index (χ0n) is 27.6. The van der Waals surface area contributed by atoms with Crippen molar-refractivity contribution in [3.63, 3.8) is 0 Å². The lowest BCUT2D eigenvalue weighted by Gasteiger charge is -2.12. The highest BCUT2D eigenvalue weighted by Crippen LogP contribution is 2.06. The monoisotopic (exact) mass is 711 g/mol. The number of halogens is 4. The number of hydroxylamine groups is 3. The third-order valence-electron chi connectivity index (χ3n) is 5.27. The number of hydrogen-bond donors (Lipinski definition) is 3. The number of carbonyl (C=O) groups is 4. The molecule has 3 N–H and O–H groups in total. The number of aromatic nitrogens is 4. The summed E-state index contributed by atoms with van der Waals surface area (Å²) in [4.78, 5) is 65.7. The van der Waals surface area contributed by atoms with Gasteiger partial charge in [-0.05, 0) is 44.2 Å². The minimum atomic E-state index is -1.15. The van der Waals surface area contributed by atoms with E-state index in [-0.39, 0.29) is 35.1 Å². The average molecular weight is 712 g/mol. The predicted molar refractivity (Wildman–Crippen MR) is 176 cm³/mol. The maximum absolute atomic E-state index is 12.6. The largest absolute Gasteiger partial charge is 0.478 e. The van der Waals surface area contributed by atoms with Crippen LogP contribution in [0.1, 0.15) is 55.3 Å². The molecular formula is C31H37ClF3N7O7. The van der Waals surface area contributed by atoms with Crippen LogP contribution in [-0.4, -0.2) is 88.9 Å². The zero-order valence-corrected chi connectivity index (χ0v) is 28.4. The van der Waals surface area contributed by atoms with Gasteiger partial charge in [0, 0.05) is 80.8 Å². The molecule has 0 saturated heterocycles. The van der Waals surface area contributed by atoms with Gasteiger partial charge >= 0.3 is 5.97 Å². The normalized spacial score (nSPS) is 9.10. The summed E-state index contributed by atoms with van der Waals surface area (Å²) in [7, 11) is 7.85. The summed E-state index contributed by atoms with van der Waals surface area (Å²) in [6.07, 6.45) is 5.22. The van der Waals surface area contributed by atoms with Crippen LogP contribution in [0.15, 0.2) is 73.3 Å². The van der Waals surface area contributed by atoms with E-state index in [0.29, 0.717) is 11.1 Å². The molecule has 0 aliphatic heterocycles. The van der Waals surface area contributed by atoms with Crippen molar-refractivity contribution in [2.45, 2.75) is 13.8 Å². The molecule has 1 amide bonds. The van der Waals surface area contributed by atoms with Crippen LogP contribution in [0.3, 0.4) is 0 Å². The average Bonchev–Trinajstić information content (AvgIpc) is 3.08. The highest BCUT2D eigenvalue weighted by molar-refractivity contribution is 5.95. The number of pyridine rings is 4. The van der Waals surface area contributed by atoms with Crippen molar-refractivity contribution < 1.29 is 47.1 Å². The van der Waals surface area contributed by atoms with Crippen LogP contribution < -0.4 is 10.8 Å². The third kappa shape index (κ3) is 19.8. The van der Waals surface area contributed by atoms with Crippen LogP contribution in [0.25, 0.3) is 0 Å². The zero-order chi connectivity index (χ0) is 36.6. The lowest BCUT2D eigenvalue weighted by atomic mass is 10.2. The van der Waals surface area contributed by atoms with Gasteiger partial charge in [0.1, 0.15) is 5.82 Å². The molecule has 18 heteroatoms. The Morgan fingerprint density at radius 3 is 1.39 bits per heavy atom. The van der Waals surface area contributed by atoms with Gasteiger partial charge in [0.2, 0.25) is 17.8 Å². The first-order chi connectivity index (χ1) is 22.7. The standard InChI is InChI=1S/C8H9FN2O2.C8H10N2O.C7H6FNO.C6H4FNO2.C2H7NO.ClH/c1-11(13-2)8(12)6-3-4-10-7(9)5-6;1-6(11)7-3-4-10-8(5-7)9-2;1-5(10)6-2-3-9-7(8)4-6;7-5-3-4(6(9)10)1-2-8-5;1-3-4-2;/h3-5H,1-2H3;3-5H,1-2H3,(H,9,10);2-4H,1H3;1-3H,(H,9,10);3H,1-2H3;1H. The van der Waals surface area contributed by atoms with Crippen LogP contribution in [0.4, 0.5) is 19.0 Å². The number of amides is 1. The van der Waals surface area contributed by atoms with Crippen LogP contribution in [0.2, 0.25) is 0 Å². The van der Waals surface area contributed by atoms with Crippen molar-refractivity contribution in [1.29, 1.82) is 0 Å². The Balaban J connectivity index is 0. The number of rotatable bonds is 7. The molecule has 0 atom stereocenters. The van der Waals surface area contributed by atoms with Crippen LogP contribution in [-0.2, 0) is 9.68 Å². The van der Waals surface area contributed by atoms with Gasteiger partial charge in [-0.15, -0.1) is 12.4 Å². The molecule has 14 nitrogen and oxygen atoms in total. The maximum Gasteiger partial charge on any atom is 0.335 e. The van der Waals surface area contributed by atoms with Crippen molar-refractivity contribution in [3.8, 4) is 0 Å². The molecule has 0 unspecified atom stereocenters. The van der Waals surface area contributed by atoms with Gasteiger partial charge in [0.25, 0.3) is 5.91 Å². The van der Waals surface area contributed by atoms with Gasteiger partial charge in [-0.1, -0.05) is 0 Å². The number of Topliss-reactive ketones (excluding diaryl/α,β-unsaturated/α-hetero) is 2. The summed E-state index contributed by atoms with van der Waals surface area (Å²) >= 11 is 0. The molecule has 0 spiro atoms. The molecule has 0 radical (unpaired) electrons. The van der Waals surface area contributed by atoms with Crippen molar-refractivity contribution in [3.05, 3.63) is 113 Å². The quantitative estimate of drug-likeness (QED) is 0.136. The van der Waals surface area contributed by atoms with Gasteiger partial charge in [0.15, 0.2) is 11.6 Å². The van der Waals surface area contributed by atoms with E-state index in [1.54, 1.807) is 39.5 Å². The highest BCUT2D eigenvalue weighted by atomic mass is 35.5. The Bertz CT molecular complexity index is 1560. The summed E-state index contributed by atoms with van der Waals surface area (Å²) in [5.41, 5.74) is 3.58. The molecule has 4 heterocycles. The van der Waals surface area contributed by atoms with Crippen molar-refractivity contribution in [2.24, 2.45) is 0 Å². The molecule has 4 aromatic heterocycles. The Morgan fingerprint density at radius 2 is 1.06 bits per heavy atom. The van der Waals surface area contributed by atoms with Gasteiger partial charge in [-0.25, -0.2) is 35.3 Å². The number of carboxylic acid groups (broad SMARTS) is 1. The van der Waals surface area contributed by atoms with E-state index < -0.39 is 29.7 Å². The fourth-order valence-electron chi connectivity index (χ4n) is 2.74. The minimum Gasteiger partial charge on any atom is -0.478 e. The lowest BCUT2D eigenvalue weighted by Crippen LogP contribution is -2.25. The first-order valence-electron chi connectivity index (χ1n) is 13.5. The molecular weight excluding hydrogens is 675 g/mol. The first-order valence-corrected chi connectivity index (χ1v) is 13.5. The lowest BCUT2D eigenvalue weighted by molar-refractivity contribution is -0.0757. The number of nitrogens with one attached hydrogen (secondary N) is 2. The van der Waals surface area contributed by atoms with Crippen LogP contribution >= 0.6 is 12.4 Å². The number of carboxylic acids is 1. The Hall–Kier alpha value is -5.36. The van der Waals surface area contributed by atoms with Crippen molar-refractivity contribution in [1.82, 2.24) is 30.5 Å². The molecule has 0 aliphatic carbocycles. The Morgan fingerprint density at radius 1 is 0.694 bits per heavy atom. The number of anilines is 1. The molecule has 0 fully saturated rings. The second-order valence-corrected chi connectivity index (χ2v) is 8.59. The first kappa shape index (κ1) is 45.8. The van der Waals surface area contributed by atoms with Crippen molar-refractivity contribution >= 4 is 41.7 Å². The number of ketones is 2. The van der Waals surface area contributed by atoms with Crippen molar-refractivity contribution in [2.75, 3.05) is 40.7 Å². The van der Waals surface area contributed by atoms with Gasteiger partial charge in [-0.3, -0.25) is 19.2 Å². The minimum absolute atomic E-state index is 0. The molecule has 0 aromatic carbocycles. The molecule has 0 bridgehead atoms.